The van der Waals surface area contributed by atoms with Crippen molar-refractivity contribution in [2.24, 2.45) is 11.1 Å². The lowest BCUT2D eigenvalue weighted by Crippen LogP contribution is -2.15. The molecule has 0 heterocycles. The second-order valence-corrected chi connectivity index (χ2v) is 6.43. The third kappa shape index (κ3) is 4.82. The molecule has 112 valence electrons. The van der Waals surface area contributed by atoms with Gasteiger partial charge in [-0.15, -0.1) is 0 Å². The van der Waals surface area contributed by atoms with Crippen molar-refractivity contribution in [1.82, 2.24) is 0 Å². The number of carbonyl (C=O) groups is 1. The van der Waals surface area contributed by atoms with Crippen LogP contribution in [0.25, 0.3) is 0 Å². The highest BCUT2D eigenvalue weighted by Crippen LogP contribution is 2.24. The molecular weight excluding hydrogens is 282 g/mol. The molecule has 0 saturated carbocycles. The quantitative estimate of drug-likeness (QED) is 0.747. The highest BCUT2D eigenvalue weighted by molar-refractivity contribution is 7.89. The summed E-state index contributed by atoms with van der Waals surface area (Å²) in [5, 5.41) is 13.9. The van der Waals surface area contributed by atoms with Crippen LogP contribution in [0.1, 0.15) is 37.0 Å². The first kappa shape index (κ1) is 16.5. The molecule has 0 saturated heterocycles. The fraction of sp³-hybridized carbons (Fsp3) is 0.462. The number of primary sulfonamides is 1. The molecule has 0 aliphatic rings. The van der Waals surface area contributed by atoms with Crippen LogP contribution in [-0.4, -0.2) is 26.1 Å². The Balaban J connectivity index is 2.93. The molecule has 0 aromatic heterocycles. The fourth-order valence-electron chi connectivity index (χ4n) is 1.66. The predicted molar refractivity (Wildman–Crippen MR) is 74.3 cm³/mol. The summed E-state index contributed by atoms with van der Waals surface area (Å²) in [6.45, 7) is 4.52. The average Bonchev–Trinajstić information content (AvgIpc) is 2.33. The summed E-state index contributed by atoms with van der Waals surface area (Å²) in [6, 6.07) is 3.61. The van der Waals surface area contributed by atoms with Gasteiger partial charge in [-0.1, -0.05) is 13.8 Å². The number of carboxylic acids is 1. The number of rotatable bonds is 7. The SMILES string of the molecule is CC(C)CCCOc1ccc(C(=O)O)cc1S(N)(=O)=O. The predicted octanol–water partition coefficient (Wildman–Crippen LogP) is 1.85. The van der Waals surface area contributed by atoms with Gasteiger partial charge in [0.2, 0.25) is 10.0 Å². The summed E-state index contributed by atoms with van der Waals surface area (Å²) < 4.78 is 28.3. The van der Waals surface area contributed by atoms with Crippen molar-refractivity contribution in [1.29, 1.82) is 0 Å². The van der Waals surface area contributed by atoms with Gasteiger partial charge in [0.15, 0.2) is 0 Å². The zero-order valence-electron chi connectivity index (χ0n) is 11.5. The second kappa shape index (κ2) is 6.71. The maximum atomic E-state index is 11.5. The Morgan fingerprint density at radius 3 is 2.55 bits per heavy atom. The Kier molecular flexibility index (Phi) is 5.52. The van der Waals surface area contributed by atoms with E-state index in [1.54, 1.807) is 0 Å². The number of hydrogen-bond acceptors (Lipinski definition) is 4. The molecule has 0 aliphatic heterocycles. The molecule has 0 aliphatic carbocycles. The third-order valence-corrected chi connectivity index (χ3v) is 3.61. The van der Waals surface area contributed by atoms with Gasteiger partial charge in [-0.2, -0.15) is 0 Å². The number of carboxylic acid groups (broad SMARTS) is 1. The number of sulfonamides is 1. The molecule has 0 radical (unpaired) electrons. The molecule has 0 spiro atoms. The van der Waals surface area contributed by atoms with Crippen LogP contribution in [0.2, 0.25) is 0 Å². The highest BCUT2D eigenvalue weighted by atomic mass is 32.2. The largest absolute Gasteiger partial charge is 0.492 e. The maximum absolute atomic E-state index is 11.5. The van der Waals surface area contributed by atoms with Crippen molar-refractivity contribution in [3.05, 3.63) is 23.8 Å². The molecule has 3 N–H and O–H groups in total. The maximum Gasteiger partial charge on any atom is 0.335 e. The molecule has 1 rings (SSSR count). The Morgan fingerprint density at radius 1 is 1.40 bits per heavy atom. The monoisotopic (exact) mass is 301 g/mol. The molecule has 1 aromatic carbocycles. The molecule has 0 fully saturated rings. The van der Waals surface area contributed by atoms with Gasteiger partial charge in [-0.3, -0.25) is 0 Å². The summed E-state index contributed by atoms with van der Waals surface area (Å²) in [5.74, 6) is -0.604. The van der Waals surface area contributed by atoms with Crippen molar-refractivity contribution in [3.8, 4) is 5.75 Å². The van der Waals surface area contributed by atoms with Gasteiger partial charge < -0.3 is 9.84 Å². The lowest BCUT2D eigenvalue weighted by molar-refractivity contribution is 0.0696. The van der Waals surface area contributed by atoms with E-state index < -0.39 is 16.0 Å². The van der Waals surface area contributed by atoms with E-state index >= 15 is 0 Å². The van der Waals surface area contributed by atoms with Gasteiger partial charge in [0, 0.05) is 0 Å². The van der Waals surface area contributed by atoms with Gasteiger partial charge in [0.1, 0.15) is 10.6 Å². The second-order valence-electron chi connectivity index (χ2n) is 4.90. The highest BCUT2D eigenvalue weighted by Gasteiger charge is 2.18. The Labute approximate surface area is 118 Å². The summed E-state index contributed by atoms with van der Waals surface area (Å²) in [5.41, 5.74) is -0.149. The Morgan fingerprint density at radius 2 is 2.05 bits per heavy atom. The van der Waals surface area contributed by atoms with Crippen LogP contribution in [0.15, 0.2) is 23.1 Å². The average molecular weight is 301 g/mol. The topological polar surface area (TPSA) is 107 Å². The van der Waals surface area contributed by atoms with Gasteiger partial charge in [0.05, 0.1) is 12.2 Å². The van der Waals surface area contributed by atoms with Gasteiger partial charge in [-0.05, 0) is 37.0 Å². The molecule has 0 unspecified atom stereocenters. The minimum absolute atomic E-state index is 0.0845. The lowest BCUT2D eigenvalue weighted by Gasteiger charge is -2.11. The van der Waals surface area contributed by atoms with Crippen LogP contribution >= 0.6 is 0 Å². The standard InChI is InChI=1S/C13H19NO5S/c1-9(2)4-3-7-19-11-6-5-10(13(15)16)8-12(11)20(14,17)18/h5-6,8-9H,3-4,7H2,1-2H3,(H,15,16)(H2,14,17,18). The van der Waals surface area contributed by atoms with Crippen molar-refractivity contribution >= 4 is 16.0 Å². The van der Waals surface area contributed by atoms with E-state index in [9.17, 15) is 13.2 Å². The number of nitrogens with two attached hydrogens (primary N) is 1. The van der Waals surface area contributed by atoms with Crippen LogP contribution in [0.3, 0.4) is 0 Å². The van der Waals surface area contributed by atoms with E-state index in [0.29, 0.717) is 12.5 Å². The summed E-state index contributed by atoms with van der Waals surface area (Å²) in [6.07, 6.45) is 1.74. The van der Waals surface area contributed by atoms with Crippen molar-refractivity contribution in [2.45, 2.75) is 31.6 Å². The fourth-order valence-corrected chi connectivity index (χ4v) is 2.36. The van der Waals surface area contributed by atoms with Crippen LogP contribution in [0.5, 0.6) is 5.75 Å². The molecule has 0 amide bonds. The third-order valence-electron chi connectivity index (χ3n) is 2.68. The Hall–Kier alpha value is -1.60. The van der Waals surface area contributed by atoms with E-state index in [1.807, 2.05) is 0 Å². The first-order valence-electron chi connectivity index (χ1n) is 6.24. The molecular formula is C13H19NO5S. The molecule has 0 bridgehead atoms. The zero-order valence-corrected chi connectivity index (χ0v) is 12.3. The van der Waals surface area contributed by atoms with Gasteiger partial charge >= 0.3 is 5.97 Å². The van der Waals surface area contributed by atoms with E-state index in [0.717, 1.165) is 18.9 Å². The van der Waals surface area contributed by atoms with Crippen molar-refractivity contribution in [2.75, 3.05) is 6.61 Å². The first-order chi connectivity index (χ1) is 9.21. The molecule has 20 heavy (non-hydrogen) atoms. The minimum Gasteiger partial charge on any atom is -0.492 e. The molecule has 6 nitrogen and oxygen atoms in total. The van der Waals surface area contributed by atoms with Crippen molar-refractivity contribution < 1.29 is 23.1 Å². The van der Waals surface area contributed by atoms with Gasteiger partial charge in [0.25, 0.3) is 0 Å². The molecule has 7 heteroatoms. The van der Waals surface area contributed by atoms with Gasteiger partial charge in [-0.25, -0.2) is 18.4 Å². The molecule has 0 atom stereocenters. The first-order valence-corrected chi connectivity index (χ1v) is 7.79. The lowest BCUT2D eigenvalue weighted by atomic mass is 10.1. The van der Waals surface area contributed by atoms with Crippen LogP contribution < -0.4 is 9.88 Å². The van der Waals surface area contributed by atoms with Crippen molar-refractivity contribution in [3.63, 3.8) is 0 Å². The summed E-state index contributed by atoms with van der Waals surface area (Å²) >= 11 is 0. The van der Waals surface area contributed by atoms with Crippen LogP contribution in [0, 0.1) is 5.92 Å². The molecule has 1 aromatic rings. The summed E-state index contributed by atoms with van der Waals surface area (Å²) in [7, 11) is -4.03. The Bertz CT molecular complexity index is 580. The summed E-state index contributed by atoms with van der Waals surface area (Å²) in [4.78, 5) is 10.5. The number of ether oxygens (including phenoxy) is 1. The minimum atomic E-state index is -4.03. The van der Waals surface area contributed by atoms with E-state index in [2.05, 4.69) is 13.8 Å². The van der Waals surface area contributed by atoms with E-state index in [-0.39, 0.29) is 16.2 Å². The smallest absolute Gasteiger partial charge is 0.335 e. The zero-order chi connectivity index (χ0) is 15.3. The number of benzene rings is 1. The number of hydrogen-bond donors (Lipinski definition) is 2. The normalized spacial score (nSPS) is 11.6. The van der Waals surface area contributed by atoms with E-state index in [1.165, 1.54) is 12.1 Å². The van der Waals surface area contributed by atoms with E-state index in [4.69, 9.17) is 15.0 Å². The number of aromatic carboxylic acids is 1. The van der Waals surface area contributed by atoms with Crippen LogP contribution in [-0.2, 0) is 10.0 Å². The van der Waals surface area contributed by atoms with Crippen LogP contribution in [0.4, 0.5) is 0 Å².